The number of hydrogen-bond acceptors (Lipinski definition) is 5. The molecule has 10 nitrogen and oxygen atoms in total. The number of benzene rings is 3. The number of carbonyl (C=O) groups is 4. The molecule has 0 saturated carbocycles. The second-order valence-electron chi connectivity index (χ2n) is 10.7. The van der Waals surface area contributed by atoms with Crippen LogP contribution in [0.25, 0.3) is 11.1 Å². The molecule has 4 aromatic rings. The van der Waals surface area contributed by atoms with E-state index in [2.05, 4.69) is 26.4 Å². The fraction of sp³-hybridized carbons (Fsp3) is 0.242. The third-order valence-electron chi connectivity index (χ3n) is 7.61. The normalized spacial score (nSPS) is 17.2. The lowest BCUT2D eigenvalue weighted by Crippen LogP contribution is -2.47. The lowest BCUT2D eigenvalue weighted by molar-refractivity contribution is -0.128. The van der Waals surface area contributed by atoms with Crippen LogP contribution in [0.5, 0.6) is 0 Å². The summed E-state index contributed by atoms with van der Waals surface area (Å²) in [6, 6.07) is 20.3. The average Bonchev–Trinajstić information content (AvgIpc) is 3.46. The molecule has 0 aliphatic carbocycles. The van der Waals surface area contributed by atoms with Crippen LogP contribution in [0.1, 0.15) is 33.6 Å². The third-order valence-corrected chi connectivity index (χ3v) is 7.97. The molecule has 4 N–H and O–H groups in total. The van der Waals surface area contributed by atoms with Crippen LogP contribution >= 0.6 is 11.6 Å². The molecule has 3 heterocycles. The van der Waals surface area contributed by atoms with E-state index in [-0.39, 0.29) is 31.1 Å². The molecule has 4 amide bonds. The van der Waals surface area contributed by atoms with E-state index in [4.69, 9.17) is 11.6 Å². The Bertz CT molecular complexity index is 1700. The Morgan fingerprint density at radius 2 is 1.70 bits per heavy atom. The molecule has 3 aromatic carbocycles. The number of carbonyl (C=O) groups excluding carboxylic acids is 4. The smallest absolute Gasteiger partial charge is 0.270 e. The van der Waals surface area contributed by atoms with Gasteiger partial charge in [-0.3, -0.25) is 23.9 Å². The third kappa shape index (κ3) is 7.33. The summed E-state index contributed by atoms with van der Waals surface area (Å²) in [7, 11) is 3.18. The fourth-order valence-electron chi connectivity index (χ4n) is 5.17. The van der Waals surface area contributed by atoms with Crippen molar-refractivity contribution in [1.82, 2.24) is 25.7 Å². The lowest BCUT2D eigenvalue weighted by Gasteiger charge is -2.21. The first-order chi connectivity index (χ1) is 21.2. The highest BCUT2D eigenvalue weighted by Gasteiger charge is 2.25. The second kappa shape index (κ2) is 13.6. The average molecular weight is 613 g/mol. The number of aryl methyl sites for hydroxylation is 2. The van der Waals surface area contributed by atoms with Crippen molar-refractivity contribution in [3.8, 4) is 11.1 Å². The Morgan fingerprint density at radius 1 is 0.932 bits per heavy atom. The quantitative estimate of drug-likeness (QED) is 0.281. The summed E-state index contributed by atoms with van der Waals surface area (Å²) in [6.07, 6.45) is 2.61. The van der Waals surface area contributed by atoms with Crippen molar-refractivity contribution >= 4 is 40.9 Å². The maximum Gasteiger partial charge on any atom is 0.270 e. The highest BCUT2D eigenvalue weighted by atomic mass is 35.5. The molecule has 6 bridgehead atoms. The maximum atomic E-state index is 13.6. The number of anilines is 1. The molecule has 2 atom stereocenters. The summed E-state index contributed by atoms with van der Waals surface area (Å²) in [6.45, 7) is 0. The van der Waals surface area contributed by atoms with Gasteiger partial charge in [-0.1, -0.05) is 54.1 Å². The molecule has 44 heavy (non-hydrogen) atoms. The Balaban J connectivity index is 1.52. The van der Waals surface area contributed by atoms with Gasteiger partial charge in [0.2, 0.25) is 17.7 Å². The van der Waals surface area contributed by atoms with Gasteiger partial charge in [0.25, 0.3) is 5.91 Å². The van der Waals surface area contributed by atoms with Crippen LogP contribution in [-0.4, -0.2) is 52.5 Å². The van der Waals surface area contributed by atoms with Crippen LogP contribution < -0.4 is 21.3 Å². The van der Waals surface area contributed by atoms with Crippen LogP contribution in [0.2, 0.25) is 5.02 Å². The Labute approximate surface area is 260 Å². The number of likely N-dealkylation sites (N-methyl/N-ethyl adjacent to an activating group) is 1. The van der Waals surface area contributed by atoms with Crippen LogP contribution in [0.3, 0.4) is 0 Å². The molecule has 1 aromatic heterocycles. The van der Waals surface area contributed by atoms with Gasteiger partial charge in [0, 0.05) is 50.3 Å². The second-order valence-corrected chi connectivity index (χ2v) is 11.1. The predicted octanol–water partition coefficient (Wildman–Crippen LogP) is 3.44. The Morgan fingerprint density at radius 3 is 2.43 bits per heavy atom. The molecule has 0 saturated heterocycles. The van der Waals surface area contributed by atoms with E-state index < -0.39 is 23.9 Å². The van der Waals surface area contributed by atoms with Crippen molar-refractivity contribution < 1.29 is 19.2 Å². The number of hydrogen-bond donors (Lipinski definition) is 4. The van der Waals surface area contributed by atoms with Crippen molar-refractivity contribution in [3.05, 3.63) is 106 Å². The molecule has 2 aliphatic rings. The van der Waals surface area contributed by atoms with Crippen molar-refractivity contribution in [2.45, 2.75) is 37.8 Å². The number of aromatic nitrogens is 2. The van der Waals surface area contributed by atoms with Crippen LogP contribution in [0.15, 0.2) is 79.0 Å². The number of nitrogens with zero attached hydrogens (tertiary/aromatic N) is 2. The van der Waals surface area contributed by atoms with Gasteiger partial charge in [-0.15, -0.1) is 0 Å². The molecule has 0 fully saturated rings. The first-order valence-electron chi connectivity index (χ1n) is 14.3. The SMILES string of the molecule is CNC(=O)[C@H]1Cc2ccc(cc2)NC(=O)[C@@H](NC(=O)c2ccnn2C)Cc2cc(ccc2Cl)-c2cccc(c2)CCC(=O)N1. The zero-order valence-corrected chi connectivity index (χ0v) is 25.1. The van der Waals surface area contributed by atoms with E-state index in [9.17, 15) is 19.2 Å². The minimum absolute atomic E-state index is 0.133. The van der Waals surface area contributed by atoms with Gasteiger partial charge in [0.15, 0.2) is 0 Å². The van der Waals surface area contributed by atoms with E-state index in [1.54, 1.807) is 43.4 Å². The van der Waals surface area contributed by atoms with E-state index in [1.807, 2.05) is 36.4 Å². The molecule has 0 radical (unpaired) electrons. The molecule has 2 aliphatic heterocycles. The van der Waals surface area contributed by atoms with Crippen LogP contribution in [0.4, 0.5) is 5.69 Å². The van der Waals surface area contributed by atoms with Crippen molar-refractivity contribution in [2.24, 2.45) is 7.05 Å². The zero-order valence-electron chi connectivity index (χ0n) is 24.4. The predicted molar refractivity (Wildman–Crippen MR) is 168 cm³/mol. The lowest BCUT2D eigenvalue weighted by atomic mass is 9.96. The van der Waals surface area contributed by atoms with E-state index in [0.717, 1.165) is 22.3 Å². The minimum atomic E-state index is -0.963. The number of rotatable bonds is 3. The first kappa shape index (κ1) is 30.5. The Kier molecular flexibility index (Phi) is 9.40. The minimum Gasteiger partial charge on any atom is -0.357 e. The summed E-state index contributed by atoms with van der Waals surface area (Å²) in [5, 5.41) is 15.7. The first-order valence-corrected chi connectivity index (χ1v) is 14.7. The van der Waals surface area contributed by atoms with Gasteiger partial charge in [0.05, 0.1) is 0 Å². The topological polar surface area (TPSA) is 134 Å². The van der Waals surface area contributed by atoms with Crippen molar-refractivity contribution in [2.75, 3.05) is 12.4 Å². The summed E-state index contributed by atoms with van der Waals surface area (Å²) in [5.41, 5.74) is 5.04. The van der Waals surface area contributed by atoms with Gasteiger partial charge < -0.3 is 21.3 Å². The van der Waals surface area contributed by atoms with E-state index >= 15 is 0 Å². The summed E-state index contributed by atoms with van der Waals surface area (Å²) >= 11 is 6.62. The summed E-state index contributed by atoms with van der Waals surface area (Å²) < 4.78 is 1.44. The molecule has 6 rings (SSSR count). The zero-order chi connectivity index (χ0) is 31.2. The van der Waals surface area contributed by atoms with Gasteiger partial charge in [-0.25, -0.2) is 0 Å². The number of halogens is 1. The van der Waals surface area contributed by atoms with Crippen molar-refractivity contribution in [3.63, 3.8) is 0 Å². The molecule has 0 spiro atoms. The molecule has 11 heteroatoms. The number of amides is 4. The standard InChI is InChI=1S/C33H33ClN6O4/c1-35-31(42)27-17-21-6-10-25(11-7-21)37-32(43)28(39-33(44)29-14-15-36-40(29)2)19-24-18-23(9-12-26(24)34)22-5-3-4-20(16-22)8-13-30(41)38-27/h3-7,9-12,14-16,18,27-28H,8,13,17,19H2,1-2H3,(H,35,42)(H,37,43)(H,38,41)(H,39,44)/t27-,28+/m1/s1. The molecular weight excluding hydrogens is 580 g/mol. The van der Waals surface area contributed by atoms with Crippen LogP contribution in [-0.2, 0) is 40.7 Å². The van der Waals surface area contributed by atoms with Gasteiger partial charge in [-0.05, 0) is 64.6 Å². The largest absolute Gasteiger partial charge is 0.357 e. The Hall–Kier alpha value is -4.96. The van der Waals surface area contributed by atoms with Crippen molar-refractivity contribution in [1.29, 1.82) is 0 Å². The molecule has 226 valence electrons. The van der Waals surface area contributed by atoms with Gasteiger partial charge in [-0.2, -0.15) is 5.10 Å². The van der Waals surface area contributed by atoms with Crippen LogP contribution in [0, 0.1) is 0 Å². The van der Waals surface area contributed by atoms with E-state index in [0.29, 0.717) is 28.4 Å². The van der Waals surface area contributed by atoms with Gasteiger partial charge >= 0.3 is 0 Å². The monoisotopic (exact) mass is 612 g/mol. The highest BCUT2D eigenvalue weighted by Crippen LogP contribution is 2.28. The highest BCUT2D eigenvalue weighted by molar-refractivity contribution is 6.31. The fourth-order valence-corrected chi connectivity index (χ4v) is 5.37. The van der Waals surface area contributed by atoms with Gasteiger partial charge in [0.1, 0.15) is 17.8 Å². The molecule has 0 unspecified atom stereocenters. The molecular formula is C33H33ClN6O4. The maximum absolute atomic E-state index is 13.6. The number of fused-ring (bicyclic) bond motifs is 10. The van der Waals surface area contributed by atoms with E-state index in [1.165, 1.54) is 17.9 Å². The summed E-state index contributed by atoms with van der Waals surface area (Å²) in [5.74, 6) is -1.40. The summed E-state index contributed by atoms with van der Waals surface area (Å²) in [4.78, 5) is 52.3. The number of nitrogens with one attached hydrogen (secondary N) is 4.